The van der Waals surface area contributed by atoms with Crippen molar-refractivity contribution >= 4 is 46.7 Å². The summed E-state index contributed by atoms with van der Waals surface area (Å²) < 4.78 is 1.86. The molecule has 0 atom stereocenters. The first-order valence-corrected chi connectivity index (χ1v) is 9.13. The number of hydrogen-bond donors (Lipinski definition) is 2. The molecule has 28 heavy (non-hydrogen) atoms. The Morgan fingerprint density at radius 2 is 1.96 bits per heavy atom. The van der Waals surface area contributed by atoms with Crippen molar-refractivity contribution in [1.29, 1.82) is 0 Å². The van der Waals surface area contributed by atoms with Gasteiger partial charge in [0.2, 0.25) is 0 Å². The minimum Gasteiger partial charge on any atom is -0.363 e. The molecular formula is C20H28IN7. The second-order valence-corrected chi connectivity index (χ2v) is 6.55. The SMILES string of the molecule is CCNC(=NCc1cc(N(C)C)nc2ccccc12)NCc1ccnn1C.I. The largest absolute Gasteiger partial charge is 0.363 e. The number of fused-ring (bicyclic) bond motifs is 1. The summed E-state index contributed by atoms with van der Waals surface area (Å²) in [6, 6.07) is 12.3. The van der Waals surface area contributed by atoms with Gasteiger partial charge in [-0.15, -0.1) is 24.0 Å². The lowest BCUT2D eigenvalue weighted by Crippen LogP contribution is -2.37. The Morgan fingerprint density at radius 1 is 1.18 bits per heavy atom. The molecule has 2 N–H and O–H groups in total. The van der Waals surface area contributed by atoms with Gasteiger partial charge in [0.25, 0.3) is 0 Å². The molecule has 150 valence electrons. The van der Waals surface area contributed by atoms with Gasteiger partial charge in [-0.05, 0) is 30.7 Å². The number of hydrogen-bond acceptors (Lipinski definition) is 4. The van der Waals surface area contributed by atoms with Crippen LogP contribution in [0.1, 0.15) is 18.2 Å². The third-order valence-electron chi connectivity index (χ3n) is 4.36. The normalized spacial score (nSPS) is 11.2. The van der Waals surface area contributed by atoms with Crippen molar-refractivity contribution in [1.82, 2.24) is 25.4 Å². The lowest BCUT2D eigenvalue weighted by molar-refractivity contribution is 0.685. The average Bonchev–Trinajstić information content (AvgIpc) is 3.08. The fourth-order valence-electron chi connectivity index (χ4n) is 2.85. The molecule has 0 bridgehead atoms. The Hall–Kier alpha value is -2.36. The van der Waals surface area contributed by atoms with Crippen LogP contribution < -0.4 is 15.5 Å². The van der Waals surface area contributed by atoms with Crippen molar-refractivity contribution in [2.45, 2.75) is 20.0 Å². The zero-order valence-electron chi connectivity index (χ0n) is 16.8. The summed E-state index contributed by atoms with van der Waals surface area (Å²) in [5.74, 6) is 1.72. The molecule has 0 radical (unpaired) electrons. The second kappa shape index (κ2) is 10.3. The van der Waals surface area contributed by atoms with E-state index >= 15 is 0 Å². The Bertz CT molecular complexity index is 933. The molecule has 2 aromatic heterocycles. The van der Waals surface area contributed by atoms with Gasteiger partial charge >= 0.3 is 0 Å². The van der Waals surface area contributed by atoms with E-state index in [1.54, 1.807) is 6.20 Å². The Kier molecular flexibility index (Phi) is 8.04. The number of anilines is 1. The maximum atomic E-state index is 4.78. The van der Waals surface area contributed by atoms with Crippen LogP contribution in [0, 0.1) is 0 Å². The smallest absolute Gasteiger partial charge is 0.191 e. The van der Waals surface area contributed by atoms with E-state index in [0.29, 0.717) is 13.1 Å². The maximum absolute atomic E-state index is 4.78. The third kappa shape index (κ3) is 5.34. The Labute approximate surface area is 183 Å². The lowest BCUT2D eigenvalue weighted by Gasteiger charge is -2.15. The minimum absolute atomic E-state index is 0. The van der Waals surface area contributed by atoms with Gasteiger partial charge in [0.15, 0.2) is 5.96 Å². The highest BCUT2D eigenvalue weighted by molar-refractivity contribution is 14.0. The van der Waals surface area contributed by atoms with Crippen LogP contribution in [0.4, 0.5) is 5.82 Å². The number of rotatable bonds is 6. The van der Waals surface area contributed by atoms with E-state index < -0.39 is 0 Å². The van der Waals surface area contributed by atoms with Crippen LogP contribution in [-0.2, 0) is 20.1 Å². The van der Waals surface area contributed by atoms with Crippen LogP contribution in [0.25, 0.3) is 10.9 Å². The van der Waals surface area contributed by atoms with Crippen LogP contribution >= 0.6 is 24.0 Å². The number of pyridine rings is 1. The molecule has 0 spiro atoms. The minimum atomic E-state index is 0. The number of para-hydroxylation sites is 1. The van der Waals surface area contributed by atoms with Crippen LogP contribution in [0.15, 0.2) is 47.6 Å². The number of nitrogens with zero attached hydrogens (tertiary/aromatic N) is 5. The molecular weight excluding hydrogens is 465 g/mol. The van der Waals surface area contributed by atoms with Gasteiger partial charge in [-0.3, -0.25) is 4.68 Å². The van der Waals surface area contributed by atoms with Crippen molar-refractivity contribution in [3.8, 4) is 0 Å². The molecule has 0 aliphatic rings. The van der Waals surface area contributed by atoms with Gasteiger partial charge in [0, 0.05) is 39.3 Å². The van der Waals surface area contributed by atoms with Gasteiger partial charge in [0.05, 0.1) is 24.3 Å². The number of halogens is 1. The van der Waals surface area contributed by atoms with E-state index in [4.69, 9.17) is 9.98 Å². The first kappa shape index (κ1) is 21.9. The van der Waals surface area contributed by atoms with Gasteiger partial charge in [-0.25, -0.2) is 9.98 Å². The van der Waals surface area contributed by atoms with Crippen molar-refractivity contribution in [2.75, 3.05) is 25.5 Å². The van der Waals surface area contributed by atoms with Gasteiger partial charge in [-0.2, -0.15) is 5.10 Å². The summed E-state index contributed by atoms with van der Waals surface area (Å²) in [7, 11) is 5.94. The van der Waals surface area contributed by atoms with E-state index in [2.05, 4.69) is 34.8 Å². The number of aryl methyl sites for hydroxylation is 1. The number of aromatic nitrogens is 3. The molecule has 0 saturated carbocycles. The number of nitrogens with one attached hydrogen (secondary N) is 2. The summed E-state index contributed by atoms with van der Waals surface area (Å²) in [6.45, 7) is 4.11. The average molecular weight is 493 g/mol. The Morgan fingerprint density at radius 3 is 2.64 bits per heavy atom. The van der Waals surface area contributed by atoms with Gasteiger partial charge in [-0.1, -0.05) is 18.2 Å². The van der Waals surface area contributed by atoms with Crippen molar-refractivity contribution in [3.63, 3.8) is 0 Å². The van der Waals surface area contributed by atoms with Crippen molar-refractivity contribution in [2.24, 2.45) is 12.0 Å². The topological polar surface area (TPSA) is 70.4 Å². The highest BCUT2D eigenvalue weighted by Gasteiger charge is 2.08. The number of guanidine groups is 1. The molecule has 0 saturated heterocycles. The molecule has 3 rings (SSSR count). The molecule has 0 unspecified atom stereocenters. The summed E-state index contributed by atoms with van der Waals surface area (Å²) in [6.07, 6.45) is 1.80. The van der Waals surface area contributed by atoms with E-state index in [-0.39, 0.29) is 24.0 Å². The predicted molar refractivity (Wildman–Crippen MR) is 126 cm³/mol. The lowest BCUT2D eigenvalue weighted by atomic mass is 10.1. The second-order valence-electron chi connectivity index (χ2n) is 6.55. The maximum Gasteiger partial charge on any atom is 0.191 e. The molecule has 8 heteroatoms. The molecule has 0 fully saturated rings. The highest BCUT2D eigenvalue weighted by Crippen LogP contribution is 2.22. The molecule has 3 aromatic rings. The monoisotopic (exact) mass is 493 g/mol. The number of benzene rings is 1. The van der Waals surface area contributed by atoms with Gasteiger partial charge in [0.1, 0.15) is 5.82 Å². The van der Waals surface area contributed by atoms with Crippen molar-refractivity contribution in [3.05, 3.63) is 53.9 Å². The van der Waals surface area contributed by atoms with E-state index in [1.165, 1.54) is 0 Å². The molecule has 2 heterocycles. The molecule has 0 aliphatic heterocycles. The quantitative estimate of drug-likeness (QED) is 0.314. The van der Waals surface area contributed by atoms with E-state index in [1.807, 2.05) is 55.0 Å². The summed E-state index contributed by atoms with van der Waals surface area (Å²) >= 11 is 0. The summed E-state index contributed by atoms with van der Waals surface area (Å²) in [5.41, 5.74) is 3.24. The molecule has 1 aromatic carbocycles. The molecule has 7 nitrogen and oxygen atoms in total. The van der Waals surface area contributed by atoms with Gasteiger partial charge < -0.3 is 15.5 Å². The first-order chi connectivity index (χ1) is 13.1. The first-order valence-electron chi connectivity index (χ1n) is 9.13. The highest BCUT2D eigenvalue weighted by atomic mass is 127. The van der Waals surface area contributed by atoms with E-state index in [0.717, 1.165) is 40.5 Å². The van der Waals surface area contributed by atoms with E-state index in [9.17, 15) is 0 Å². The Balaban J connectivity index is 0.00000280. The third-order valence-corrected chi connectivity index (χ3v) is 4.36. The number of aliphatic imine (C=N–C) groups is 1. The van der Waals surface area contributed by atoms with Crippen LogP contribution in [0.5, 0.6) is 0 Å². The van der Waals surface area contributed by atoms with Crippen LogP contribution in [0.2, 0.25) is 0 Å². The van der Waals surface area contributed by atoms with Crippen LogP contribution in [0.3, 0.4) is 0 Å². The van der Waals surface area contributed by atoms with Crippen molar-refractivity contribution < 1.29 is 0 Å². The molecule has 0 aliphatic carbocycles. The molecule has 0 amide bonds. The zero-order chi connectivity index (χ0) is 19.2. The zero-order valence-corrected chi connectivity index (χ0v) is 19.1. The fourth-order valence-corrected chi connectivity index (χ4v) is 2.85. The predicted octanol–water partition coefficient (Wildman–Crippen LogP) is 2.91. The fraction of sp³-hybridized carbons (Fsp3) is 0.350. The summed E-state index contributed by atoms with van der Waals surface area (Å²) in [4.78, 5) is 11.5. The standard InChI is InChI=1S/C20H27N7.HI/c1-5-21-20(23-14-16-10-11-24-27(16)4)22-13-15-12-19(26(2)3)25-18-9-7-6-8-17(15)18;/h6-12H,5,13-14H2,1-4H3,(H2,21,22,23);1H. The van der Waals surface area contributed by atoms with Crippen LogP contribution in [-0.4, -0.2) is 41.4 Å². The summed E-state index contributed by atoms with van der Waals surface area (Å²) in [5, 5.41) is 12.0.